The fourth-order valence-electron chi connectivity index (χ4n) is 2.10. The third kappa shape index (κ3) is 4.20. The summed E-state index contributed by atoms with van der Waals surface area (Å²) in [5.41, 5.74) is 0. The van der Waals surface area contributed by atoms with Crippen LogP contribution in [0.2, 0.25) is 0 Å². The number of nitrogens with one attached hydrogen (secondary N) is 1. The zero-order valence-corrected chi connectivity index (χ0v) is 10.8. The van der Waals surface area contributed by atoms with Crippen LogP contribution in [-0.2, 0) is 4.79 Å². The van der Waals surface area contributed by atoms with Crippen LogP contribution in [0.5, 0.6) is 0 Å². The minimum atomic E-state index is 0.203. The van der Waals surface area contributed by atoms with Crippen molar-refractivity contribution in [2.45, 2.75) is 45.6 Å². The monoisotopic (exact) mass is 214 g/mol. The molecule has 2 atom stereocenters. The van der Waals surface area contributed by atoms with E-state index < -0.39 is 0 Å². The van der Waals surface area contributed by atoms with Crippen LogP contribution < -0.4 is 5.32 Å². The van der Waals surface area contributed by atoms with Gasteiger partial charge in [-0.1, -0.05) is 26.7 Å². The molecule has 0 aromatic carbocycles. The van der Waals surface area contributed by atoms with Crippen LogP contribution >= 0.6 is 0 Å². The summed E-state index contributed by atoms with van der Waals surface area (Å²) in [5, 5.41) is 3.24. The van der Waals surface area contributed by atoms with Gasteiger partial charge in [-0.05, 0) is 19.9 Å². The molecule has 1 rings (SSSR count). The van der Waals surface area contributed by atoms with Crippen molar-refractivity contribution in [1.82, 2.24) is 10.2 Å². The smallest absolute Gasteiger partial charge is 0.226 e. The first kappa shape index (κ1) is 14.4. The highest BCUT2D eigenvalue weighted by atomic mass is 16.2. The topological polar surface area (TPSA) is 32.3 Å². The van der Waals surface area contributed by atoms with Gasteiger partial charge in [0.2, 0.25) is 5.91 Å². The Morgan fingerprint density at radius 2 is 1.73 bits per heavy atom. The van der Waals surface area contributed by atoms with Gasteiger partial charge in [0.05, 0.1) is 5.92 Å². The predicted octanol–water partition coefficient (Wildman–Crippen LogP) is 1.88. The molecule has 3 heteroatoms. The summed E-state index contributed by atoms with van der Waals surface area (Å²) < 4.78 is 0. The van der Waals surface area contributed by atoms with E-state index in [2.05, 4.69) is 5.32 Å². The normalized spacial score (nSPS) is 25.1. The molecule has 1 aliphatic carbocycles. The van der Waals surface area contributed by atoms with Gasteiger partial charge in [-0.25, -0.2) is 0 Å². The first-order chi connectivity index (χ1) is 7.16. The van der Waals surface area contributed by atoms with Crippen LogP contribution in [-0.4, -0.2) is 38.0 Å². The van der Waals surface area contributed by atoms with Crippen LogP contribution in [0, 0.1) is 5.92 Å². The Labute approximate surface area is 94.2 Å². The molecule has 0 bridgehead atoms. The highest BCUT2D eigenvalue weighted by molar-refractivity contribution is 5.79. The molecular weight excluding hydrogens is 188 g/mol. The quantitative estimate of drug-likeness (QED) is 0.761. The fraction of sp³-hybridized carbons (Fsp3) is 0.917. The number of hydrogen-bond donors (Lipinski definition) is 1. The Morgan fingerprint density at radius 1 is 1.20 bits per heavy atom. The first-order valence-electron chi connectivity index (χ1n) is 6.05. The second-order valence-electron chi connectivity index (χ2n) is 4.02. The maximum absolute atomic E-state index is 11.8. The van der Waals surface area contributed by atoms with Crippen LogP contribution in [0.15, 0.2) is 0 Å². The minimum absolute atomic E-state index is 0.203. The molecule has 1 amide bonds. The van der Waals surface area contributed by atoms with E-state index in [0.29, 0.717) is 6.04 Å². The molecule has 0 aliphatic heterocycles. The summed E-state index contributed by atoms with van der Waals surface area (Å²) in [5.74, 6) is 0.479. The van der Waals surface area contributed by atoms with Gasteiger partial charge in [0.15, 0.2) is 0 Å². The van der Waals surface area contributed by atoms with Crippen LogP contribution in [0.25, 0.3) is 0 Å². The maximum Gasteiger partial charge on any atom is 0.226 e. The Morgan fingerprint density at radius 3 is 2.20 bits per heavy atom. The van der Waals surface area contributed by atoms with Crippen molar-refractivity contribution in [3.63, 3.8) is 0 Å². The van der Waals surface area contributed by atoms with Crippen molar-refractivity contribution in [1.29, 1.82) is 0 Å². The van der Waals surface area contributed by atoms with Gasteiger partial charge in [-0.2, -0.15) is 0 Å². The summed E-state index contributed by atoms with van der Waals surface area (Å²) in [4.78, 5) is 13.5. The van der Waals surface area contributed by atoms with Gasteiger partial charge in [0.1, 0.15) is 0 Å². The number of rotatable bonds is 2. The number of nitrogens with zero attached hydrogens (tertiary/aromatic N) is 1. The standard InChI is InChI=1S/C10H20N2O.C2H6/c1-11-9-7-5-4-6-8(9)10(13)12(2)3;1-2/h8-9,11H,4-7H2,1-3H3;1-2H3. The number of carbonyl (C=O) groups is 1. The summed E-state index contributed by atoms with van der Waals surface area (Å²) in [6, 6.07) is 0.392. The van der Waals surface area contributed by atoms with E-state index in [1.54, 1.807) is 4.90 Å². The molecule has 0 heterocycles. The highest BCUT2D eigenvalue weighted by Gasteiger charge is 2.30. The largest absolute Gasteiger partial charge is 0.349 e. The fourth-order valence-corrected chi connectivity index (χ4v) is 2.10. The second-order valence-corrected chi connectivity index (χ2v) is 4.02. The molecule has 1 N–H and O–H groups in total. The van der Waals surface area contributed by atoms with Crippen LogP contribution in [0.4, 0.5) is 0 Å². The Bertz CT molecular complexity index is 180. The Kier molecular flexibility index (Phi) is 7.39. The Hall–Kier alpha value is -0.570. The van der Waals surface area contributed by atoms with E-state index in [9.17, 15) is 4.79 Å². The van der Waals surface area contributed by atoms with Gasteiger partial charge < -0.3 is 10.2 Å². The first-order valence-corrected chi connectivity index (χ1v) is 6.05. The summed E-state index contributed by atoms with van der Waals surface area (Å²) in [6.45, 7) is 4.00. The Balaban J connectivity index is 0.000000921. The minimum Gasteiger partial charge on any atom is -0.349 e. The van der Waals surface area contributed by atoms with Crippen molar-refractivity contribution in [2.75, 3.05) is 21.1 Å². The molecule has 15 heavy (non-hydrogen) atoms. The van der Waals surface area contributed by atoms with Crippen molar-refractivity contribution in [3.05, 3.63) is 0 Å². The molecule has 0 aromatic heterocycles. The van der Waals surface area contributed by atoms with Crippen LogP contribution in [0.1, 0.15) is 39.5 Å². The average Bonchev–Trinajstić information content (AvgIpc) is 2.30. The van der Waals surface area contributed by atoms with Crippen molar-refractivity contribution in [3.8, 4) is 0 Å². The van der Waals surface area contributed by atoms with Crippen molar-refractivity contribution >= 4 is 5.91 Å². The molecule has 90 valence electrons. The van der Waals surface area contributed by atoms with Crippen molar-refractivity contribution in [2.24, 2.45) is 5.92 Å². The summed E-state index contributed by atoms with van der Waals surface area (Å²) >= 11 is 0. The molecule has 0 saturated heterocycles. The highest BCUT2D eigenvalue weighted by Crippen LogP contribution is 2.25. The maximum atomic E-state index is 11.8. The zero-order chi connectivity index (χ0) is 11.8. The molecule has 2 unspecified atom stereocenters. The molecule has 1 saturated carbocycles. The lowest BCUT2D eigenvalue weighted by atomic mass is 9.84. The third-order valence-electron chi connectivity index (χ3n) is 2.89. The molecule has 0 spiro atoms. The molecule has 1 fully saturated rings. The molecule has 3 nitrogen and oxygen atoms in total. The third-order valence-corrected chi connectivity index (χ3v) is 2.89. The SMILES string of the molecule is CC.CNC1CCCCC1C(=O)N(C)C. The zero-order valence-electron chi connectivity index (χ0n) is 10.8. The second kappa shape index (κ2) is 7.69. The number of carbonyl (C=O) groups excluding carboxylic acids is 1. The van der Waals surface area contributed by atoms with E-state index in [0.717, 1.165) is 12.8 Å². The van der Waals surface area contributed by atoms with Gasteiger partial charge in [-0.15, -0.1) is 0 Å². The van der Waals surface area contributed by atoms with E-state index >= 15 is 0 Å². The molecule has 0 aromatic rings. The van der Waals surface area contributed by atoms with E-state index in [-0.39, 0.29) is 11.8 Å². The molecule has 1 aliphatic rings. The lowest BCUT2D eigenvalue weighted by molar-refractivity contribution is -0.134. The van der Waals surface area contributed by atoms with E-state index in [1.165, 1.54) is 12.8 Å². The van der Waals surface area contributed by atoms with Crippen LogP contribution in [0.3, 0.4) is 0 Å². The average molecular weight is 214 g/mol. The number of amides is 1. The van der Waals surface area contributed by atoms with Gasteiger partial charge in [0.25, 0.3) is 0 Å². The molecular formula is C12H26N2O. The van der Waals surface area contributed by atoms with E-state index in [1.807, 2.05) is 35.0 Å². The van der Waals surface area contributed by atoms with Crippen molar-refractivity contribution < 1.29 is 4.79 Å². The van der Waals surface area contributed by atoms with E-state index in [4.69, 9.17) is 0 Å². The number of hydrogen-bond acceptors (Lipinski definition) is 2. The van der Waals surface area contributed by atoms with Gasteiger partial charge in [0, 0.05) is 20.1 Å². The van der Waals surface area contributed by atoms with Gasteiger partial charge in [-0.3, -0.25) is 4.79 Å². The molecule has 0 radical (unpaired) electrons. The summed E-state index contributed by atoms with van der Waals surface area (Å²) in [7, 11) is 5.62. The van der Waals surface area contributed by atoms with Gasteiger partial charge >= 0.3 is 0 Å². The summed E-state index contributed by atoms with van der Waals surface area (Å²) in [6.07, 6.45) is 4.63. The lowest BCUT2D eigenvalue weighted by Gasteiger charge is -2.31. The lowest BCUT2D eigenvalue weighted by Crippen LogP contribution is -2.44. The predicted molar refractivity (Wildman–Crippen MR) is 64.8 cm³/mol.